The second-order valence-electron chi connectivity index (χ2n) is 3.59. The zero-order valence-corrected chi connectivity index (χ0v) is 10.0. The van der Waals surface area contributed by atoms with Gasteiger partial charge in [0.2, 0.25) is 0 Å². The van der Waals surface area contributed by atoms with E-state index in [4.69, 9.17) is 0 Å². The Kier molecular flexibility index (Phi) is 3.52. The third-order valence-electron chi connectivity index (χ3n) is 2.30. The van der Waals surface area contributed by atoms with E-state index in [1.807, 2.05) is 24.3 Å². The van der Waals surface area contributed by atoms with Gasteiger partial charge in [-0.3, -0.25) is 0 Å². The number of ether oxygens (including phenoxy) is 1. The van der Waals surface area contributed by atoms with Gasteiger partial charge in [0, 0.05) is 4.90 Å². The molecule has 0 N–H and O–H groups in total. The second kappa shape index (κ2) is 4.94. The fraction of sp³-hybridized carbons (Fsp3) is 0.0769. The van der Waals surface area contributed by atoms with E-state index in [9.17, 15) is 13.2 Å². The molecule has 0 fully saturated rings. The minimum atomic E-state index is -4.66. The molecule has 2 aromatic carbocycles. The Morgan fingerprint density at radius 2 is 1.50 bits per heavy atom. The molecule has 0 atom stereocenters. The number of halogens is 3. The summed E-state index contributed by atoms with van der Waals surface area (Å²) in [7, 11) is 0. The summed E-state index contributed by atoms with van der Waals surface area (Å²) in [6.45, 7) is 0. The van der Waals surface area contributed by atoms with Crippen LogP contribution < -0.4 is 4.74 Å². The normalized spacial score (nSPS) is 11.3. The Hall–Kier alpha value is -1.62. The summed E-state index contributed by atoms with van der Waals surface area (Å²) in [6, 6.07) is 13.0. The molecule has 0 heterocycles. The lowest BCUT2D eigenvalue weighted by atomic mass is 10.1. The number of alkyl halides is 3. The molecular formula is C13H9F3OS. The Bertz CT molecular complexity index is 535. The molecule has 0 aliphatic rings. The zero-order chi connectivity index (χ0) is 13.2. The molecule has 5 heteroatoms. The van der Waals surface area contributed by atoms with Gasteiger partial charge in [-0.05, 0) is 29.3 Å². The monoisotopic (exact) mass is 270 g/mol. The second-order valence-corrected chi connectivity index (χ2v) is 4.07. The number of hydrogen-bond acceptors (Lipinski definition) is 2. The van der Waals surface area contributed by atoms with E-state index >= 15 is 0 Å². The molecule has 0 radical (unpaired) electrons. The van der Waals surface area contributed by atoms with Crippen molar-refractivity contribution in [2.24, 2.45) is 0 Å². The first-order valence-electron chi connectivity index (χ1n) is 5.10. The summed E-state index contributed by atoms with van der Waals surface area (Å²) < 4.78 is 39.8. The van der Waals surface area contributed by atoms with Gasteiger partial charge in [0.05, 0.1) is 0 Å². The fourth-order valence-electron chi connectivity index (χ4n) is 1.55. The van der Waals surface area contributed by atoms with Gasteiger partial charge in [-0.15, -0.1) is 25.8 Å². The van der Waals surface area contributed by atoms with Crippen LogP contribution in [-0.2, 0) is 0 Å². The highest BCUT2D eigenvalue weighted by atomic mass is 32.1. The molecule has 2 rings (SSSR count). The first kappa shape index (κ1) is 12.8. The number of benzene rings is 2. The van der Waals surface area contributed by atoms with Crippen molar-refractivity contribution in [1.82, 2.24) is 0 Å². The summed E-state index contributed by atoms with van der Waals surface area (Å²) in [5.41, 5.74) is 1.65. The first-order valence-corrected chi connectivity index (χ1v) is 5.54. The zero-order valence-electron chi connectivity index (χ0n) is 9.11. The Balaban J connectivity index is 2.26. The molecule has 0 bridgehead atoms. The van der Waals surface area contributed by atoms with Crippen molar-refractivity contribution in [3.05, 3.63) is 48.5 Å². The third-order valence-corrected chi connectivity index (χ3v) is 2.69. The molecule has 0 saturated heterocycles. The third kappa shape index (κ3) is 3.20. The van der Waals surface area contributed by atoms with Crippen LogP contribution in [0, 0.1) is 0 Å². The number of thiol groups is 1. The SMILES string of the molecule is FC(F)(F)Oc1ccc(-c2ccccc2S)cc1. The van der Waals surface area contributed by atoms with Gasteiger partial charge in [0.15, 0.2) is 0 Å². The van der Waals surface area contributed by atoms with E-state index in [0.29, 0.717) is 0 Å². The molecule has 0 aromatic heterocycles. The average molecular weight is 270 g/mol. The van der Waals surface area contributed by atoms with Crippen LogP contribution in [0.25, 0.3) is 11.1 Å². The van der Waals surface area contributed by atoms with Crippen LogP contribution >= 0.6 is 12.6 Å². The maximum atomic E-state index is 12.0. The maximum Gasteiger partial charge on any atom is 0.573 e. The molecule has 0 unspecified atom stereocenters. The van der Waals surface area contributed by atoms with Gasteiger partial charge < -0.3 is 4.74 Å². The lowest BCUT2D eigenvalue weighted by Crippen LogP contribution is -2.16. The molecular weight excluding hydrogens is 261 g/mol. The average Bonchev–Trinajstić information content (AvgIpc) is 2.29. The van der Waals surface area contributed by atoms with E-state index in [0.717, 1.165) is 16.0 Å². The largest absolute Gasteiger partial charge is 0.573 e. The van der Waals surface area contributed by atoms with Crippen molar-refractivity contribution in [1.29, 1.82) is 0 Å². The van der Waals surface area contributed by atoms with Crippen LogP contribution in [0.2, 0.25) is 0 Å². The van der Waals surface area contributed by atoms with Gasteiger partial charge >= 0.3 is 6.36 Å². The molecule has 2 aromatic rings. The predicted molar refractivity (Wildman–Crippen MR) is 65.8 cm³/mol. The van der Waals surface area contributed by atoms with Crippen molar-refractivity contribution >= 4 is 12.6 Å². The molecule has 0 saturated carbocycles. The summed E-state index contributed by atoms with van der Waals surface area (Å²) >= 11 is 4.29. The van der Waals surface area contributed by atoms with Crippen molar-refractivity contribution in [2.45, 2.75) is 11.3 Å². The summed E-state index contributed by atoms with van der Waals surface area (Å²) in [4.78, 5) is 0.766. The van der Waals surface area contributed by atoms with Crippen LogP contribution in [0.5, 0.6) is 5.75 Å². The van der Waals surface area contributed by atoms with Crippen molar-refractivity contribution in [3.8, 4) is 16.9 Å². The summed E-state index contributed by atoms with van der Waals surface area (Å²) in [5.74, 6) is -0.233. The van der Waals surface area contributed by atoms with Crippen LogP contribution in [0.15, 0.2) is 53.4 Å². The number of rotatable bonds is 2. The quantitative estimate of drug-likeness (QED) is 0.788. The Morgan fingerprint density at radius 3 is 2.06 bits per heavy atom. The van der Waals surface area contributed by atoms with E-state index in [1.54, 1.807) is 12.1 Å². The van der Waals surface area contributed by atoms with Gasteiger partial charge in [-0.1, -0.05) is 30.3 Å². The molecule has 0 amide bonds. The molecule has 0 spiro atoms. The summed E-state index contributed by atoms with van der Waals surface area (Å²) in [6.07, 6.45) is -4.66. The topological polar surface area (TPSA) is 9.23 Å². The molecule has 0 aliphatic heterocycles. The highest BCUT2D eigenvalue weighted by molar-refractivity contribution is 7.80. The highest BCUT2D eigenvalue weighted by Crippen LogP contribution is 2.29. The molecule has 18 heavy (non-hydrogen) atoms. The van der Waals surface area contributed by atoms with Gasteiger partial charge in [0.25, 0.3) is 0 Å². The highest BCUT2D eigenvalue weighted by Gasteiger charge is 2.30. The smallest absolute Gasteiger partial charge is 0.406 e. The van der Waals surface area contributed by atoms with Crippen molar-refractivity contribution in [3.63, 3.8) is 0 Å². The van der Waals surface area contributed by atoms with E-state index in [-0.39, 0.29) is 5.75 Å². The number of hydrogen-bond donors (Lipinski definition) is 1. The van der Waals surface area contributed by atoms with Gasteiger partial charge in [-0.25, -0.2) is 0 Å². The minimum Gasteiger partial charge on any atom is -0.406 e. The van der Waals surface area contributed by atoms with Crippen LogP contribution in [-0.4, -0.2) is 6.36 Å². The molecule has 1 nitrogen and oxygen atoms in total. The molecule has 0 aliphatic carbocycles. The minimum absolute atomic E-state index is 0.233. The van der Waals surface area contributed by atoms with Gasteiger partial charge in [-0.2, -0.15) is 0 Å². The van der Waals surface area contributed by atoms with E-state index < -0.39 is 6.36 Å². The Labute approximate surface area is 108 Å². The van der Waals surface area contributed by atoms with Gasteiger partial charge in [0.1, 0.15) is 5.75 Å². The van der Waals surface area contributed by atoms with Crippen LogP contribution in [0.1, 0.15) is 0 Å². The lowest BCUT2D eigenvalue weighted by Gasteiger charge is -2.10. The fourth-order valence-corrected chi connectivity index (χ4v) is 1.84. The standard InChI is InChI=1S/C13H9F3OS/c14-13(15,16)17-10-7-5-9(6-8-10)11-3-1-2-4-12(11)18/h1-8,18H. The first-order chi connectivity index (χ1) is 8.46. The van der Waals surface area contributed by atoms with Crippen molar-refractivity contribution < 1.29 is 17.9 Å². The van der Waals surface area contributed by atoms with E-state index in [1.165, 1.54) is 12.1 Å². The maximum absolute atomic E-state index is 12.0. The van der Waals surface area contributed by atoms with Crippen molar-refractivity contribution in [2.75, 3.05) is 0 Å². The Morgan fingerprint density at radius 1 is 0.889 bits per heavy atom. The van der Waals surface area contributed by atoms with Crippen LogP contribution in [0.3, 0.4) is 0 Å². The predicted octanol–water partition coefficient (Wildman–Crippen LogP) is 4.54. The van der Waals surface area contributed by atoms with E-state index in [2.05, 4.69) is 17.4 Å². The molecule has 94 valence electrons. The van der Waals surface area contributed by atoms with Crippen LogP contribution in [0.4, 0.5) is 13.2 Å². The lowest BCUT2D eigenvalue weighted by molar-refractivity contribution is -0.274. The summed E-state index contributed by atoms with van der Waals surface area (Å²) in [5, 5.41) is 0.